The van der Waals surface area contributed by atoms with E-state index in [0.29, 0.717) is 27.0 Å². The SMILES string of the molecule is COc1ccccc1-c1c(Cl)cc(NC(=O)NCc2ccc(CC(=O)O)c(C)c2)cc1Cl. The zero-order chi connectivity index (χ0) is 23.3. The molecule has 0 fully saturated rings. The summed E-state index contributed by atoms with van der Waals surface area (Å²) in [6.07, 6.45) is -0.0353. The number of carbonyl (C=O) groups is 2. The van der Waals surface area contributed by atoms with Gasteiger partial charge in [0.2, 0.25) is 0 Å². The normalized spacial score (nSPS) is 10.5. The standard InChI is InChI=1S/C24H22Cl2N2O4/c1-14-9-15(7-8-16(14)10-22(29)30)13-27-24(31)28-17-11-19(25)23(20(26)12-17)18-5-3-4-6-21(18)32-2/h3-9,11-12H,10,13H2,1-2H3,(H,29,30)(H2,27,28,31). The molecule has 6 nitrogen and oxygen atoms in total. The number of para-hydroxylation sites is 1. The molecule has 32 heavy (non-hydrogen) atoms. The van der Waals surface area contributed by atoms with Gasteiger partial charge in [0, 0.05) is 23.4 Å². The first-order valence-electron chi connectivity index (χ1n) is 9.76. The highest BCUT2D eigenvalue weighted by Gasteiger charge is 2.15. The van der Waals surface area contributed by atoms with E-state index in [2.05, 4.69) is 10.6 Å². The fourth-order valence-corrected chi connectivity index (χ4v) is 4.03. The lowest BCUT2D eigenvalue weighted by Crippen LogP contribution is -2.28. The third kappa shape index (κ3) is 5.72. The monoisotopic (exact) mass is 472 g/mol. The number of carboxylic acids is 1. The van der Waals surface area contributed by atoms with Crippen molar-refractivity contribution in [2.45, 2.75) is 19.9 Å². The summed E-state index contributed by atoms with van der Waals surface area (Å²) in [7, 11) is 1.57. The molecule has 166 valence electrons. The summed E-state index contributed by atoms with van der Waals surface area (Å²) in [5, 5.41) is 15.2. The number of ether oxygens (including phenoxy) is 1. The van der Waals surface area contributed by atoms with E-state index in [-0.39, 0.29) is 13.0 Å². The van der Waals surface area contributed by atoms with Gasteiger partial charge in [-0.3, -0.25) is 4.79 Å². The van der Waals surface area contributed by atoms with Crippen molar-refractivity contribution in [3.63, 3.8) is 0 Å². The maximum absolute atomic E-state index is 12.4. The van der Waals surface area contributed by atoms with Crippen LogP contribution in [0.1, 0.15) is 16.7 Å². The van der Waals surface area contributed by atoms with E-state index in [1.54, 1.807) is 31.4 Å². The van der Waals surface area contributed by atoms with Crippen LogP contribution in [0.15, 0.2) is 54.6 Å². The van der Waals surface area contributed by atoms with E-state index >= 15 is 0 Å². The van der Waals surface area contributed by atoms with Crippen LogP contribution in [-0.4, -0.2) is 24.2 Å². The number of nitrogens with one attached hydrogen (secondary N) is 2. The number of urea groups is 1. The fraction of sp³-hybridized carbons (Fsp3) is 0.167. The maximum Gasteiger partial charge on any atom is 0.319 e. The minimum atomic E-state index is -0.882. The highest BCUT2D eigenvalue weighted by molar-refractivity contribution is 6.40. The molecule has 0 saturated carbocycles. The van der Waals surface area contributed by atoms with Gasteiger partial charge in [-0.25, -0.2) is 4.79 Å². The van der Waals surface area contributed by atoms with Gasteiger partial charge in [-0.2, -0.15) is 0 Å². The number of methoxy groups -OCH3 is 1. The van der Waals surface area contributed by atoms with Gasteiger partial charge in [-0.05, 0) is 41.8 Å². The number of amides is 2. The number of carboxylic acid groups (broad SMARTS) is 1. The van der Waals surface area contributed by atoms with Crippen molar-refractivity contribution in [1.29, 1.82) is 0 Å². The Labute approximate surface area is 196 Å². The molecule has 0 saturated heterocycles. The van der Waals surface area contributed by atoms with Crippen LogP contribution in [0.4, 0.5) is 10.5 Å². The van der Waals surface area contributed by atoms with E-state index in [9.17, 15) is 9.59 Å². The summed E-state index contributed by atoms with van der Waals surface area (Å²) in [6.45, 7) is 2.12. The van der Waals surface area contributed by atoms with Crippen molar-refractivity contribution < 1.29 is 19.4 Å². The average molecular weight is 473 g/mol. The minimum Gasteiger partial charge on any atom is -0.496 e. The van der Waals surface area contributed by atoms with Crippen LogP contribution in [0.2, 0.25) is 10.0 Å². The van der Waals surface area contributed by atoms with Crippen molar-refractivity contribution in [3.05, 3.63) is 81.3 Å². The Bertz CT molecular complexity index is 1140. The molecule has 0 aliphatic carbocycles. The molecular formula is C24H22Cl2N2O4. The first-order chi connectivity index (χ1) is 15.3. The number of halogens is 2. The first-order valence-corrected chi connectivity index (χ1v) is 10.5. The molecule has 3 rings (SSSR count). The quantitative estimate of drug-likeness (QED) is 0.397. The summed E-state index contributed by atoms with van der Waals surface area (Å²) >= 11 is 12.9. The lowest BCUT2D eigenvalue weighted by atomic mass is 10.0. The highest BCUT2D eigenvalue weighted by Crippen LogP contribution is 2.41. The molecule has 0 aliphatic heterocycles. The average Bonchev–Trinajstić information content (AvgIpc) is 2.73. The third-order valence-electron chi connectivity index (χ3n) is 4.88. The third-order valence-corrected chi connectivity index (χ3v) is 5.47. The summed E-state index contributed by atoms with van der Waals surface area (Å²) in [5.41, 5.74) is 4.28. The largest absolute Gasteiger partial charge is 0.496 e. The number of aryl methyl sites for hydroxylation is 1. The Morgan fingerprint density at radius 3 is 2.34 bits per heavy atom. The molecule has 0 aromatic heterocycles. The van der Waals surface area contributed by atoms with Crippen molar-refractivity contribution in [1.82, 2.24) is 5.32 Å². The summed E-state index contributed by atoms with van der Waals surface area (Å²) in [5.74, 6) is -0.244. The summed E-state index contributed by atoms with van der Waals surface area (Å²) < 4.78 is 5.39. The van der Waals surface area contributed by atoms with Crippen LogP contribution in [0.5, 0.6) is 5.75 Å². The predicted molar refractivity (Wildman–Crippen MR) is 127 cm³/mol. The van der Waals surface area contributed by atoms with E-state index in [0.717, 1.165) is 22.3 Å². The van der Waals surface area contributed by atoms with Crippen molar-refractivity contribution in [2.24, 2.45) is 0 Å². The number of hydrogen-bond donors (Lipinski definition) is 3. The molecule has 0 spiro atoms. The topological polar surface area (TPSA) is 87.7 Å². The number of aliphatic carboxylic acids is 1. The Balaban J connectivity index is 1.68. The number of anilines is 1. The van der Waals surface area contributed by atoms with Crippen LogP contribution in [0, 0.1) is 6.92 Å². The molecule has 3 aromatic rings. The summed E-state index contributed by atoms with van der Waals surface area (Å²) in [4.78, 5) is 23.2. The van der Waals surface area contributed by atoms with Gasteiger partial charge in [-0.1, -0.05) is 59.6 Å². The minimum absolute atomic E-state index is 0.0353. The van der Waals surface area contributed by atoms with Crippen LogP contribution >= 0.6 is 23.2 Å². The molecule has 0 aliphatic rings. The van der Waals surface area contributed by atoms with Crippen LogP contribution in [0.25, 0.3) is 11.1 Å². The van der Waals surface area contributed by atoms with Crippen molar-refractivity contribution in [3.8, 4) is 16.9 Å². The Kier molecular flexibility index (Phi) is 7.62. The second kappa shape index (κ2) is 10.4. The predicted octanol–water partition coefficient (Wildman–Crippen LogP) is 5.93. The molecule has 8 heteroatoms. The zero-order valence-electron chi connectivity index (χ0n) is 17.5. The van der Waals surface area contributed by atoms with E-state index in [4.69, 9.17) is 33.0 Å². The lowest BCUT2D eigenvalue weighted by molar-refractivity contribution is -0.136. The number of carbonyl (C=O) groups excluding carboxylic acids is 1. The van der Waals surface area contributed by atoms with Gasteiger partial charge < -0.3 is 20.5 Å². The Morgan fingerprint density at radius 1 is 1.03 bits per heavy atom. The second-order valence-corrected chi connectivity index (χ2v) is 7.97. The zero-order valence-corrected chi connectivity index (χ0v) is 19.1. The Morgan fingerprint density at radius 2 is 1.72 bits per heavy atom. The molecule has 0 atom stereocenters. The lowest BCUT2D eigenvalue weighted by Gasteiger charge is -2.14. The van der Waals surface area contributed by atoms with E-state index < -0.39 is 12.0 Å². The molecule has 0 bridgehead atoms. The summed E-state index contributed by atoms with van der Waals surface area (Å²) in [6, 6.07) is 15.6. The second-order valence-electron chi connectivity index (χ2n) is 7.15. The molecule has 3 N–H and O–H groups in total. The molecular weight excluding hydrogens is 451 g/mol. The smallest absolute Gasteiger partial charge is 0.319 e. The van der Waals surface area contributed by atoms with E-state index in [1.807, 2.05) is 37.3 Å². The van der Waals surface area contributed by atoms with Crippen LogP contribution in [0.3, 0.4) is 0 Å². The fourth-order valence-electron chi connectivity index (χ4n) is 3.34. The maximum atomic E-state index is 12.4. The number of hydrogen-bond acceptors (Lipinski definition) is 3. The molecule has 2 amide bonds. The van der Waals surface area contributed by atoms with Crippen molar-refractivity contribution in [2.75, 3.05) is 12.4 Å². The number of rotatable bonds is 7. The van der Waals surface area contributed by atoms with Gasteiger partial charge in [0.1, 0.15) is 5.75 Å². The van der Waals surface area contributed by atoms with E-state index in [1.165, 1.54) is 0 Å². The molecule has 3 aromatic carbocycles. The molecule has 0 radical (unpaired) electrons. The first kappa shape index (κ1) is 23.4. The number of benzene rings is 3. The van der Waals surface area contributed by atoms with Gasteiger partial charge >= 0.3 is 12.0 Å². The van der Waals surface area contributed by atoms with Gasteiger partial charge in [0.25, 0.3) is 0 Å². The van der Waals surface area contributed by atoms with Crippen LogP contribution in [-0.2, 0) is 17.8 Å². The van der Waals surface area contributed by atoms with Gasteiger partial charge in [0.15, 0.2) is 0 Å². The molecule has 0 unspecified atom stereocenters. The Hall–Kier alpha value is -3.22. The molecule has 0 heterocycles. The van der Waals surface area contributed by atoms with Gasteiger partial charge in [-0.15, -0.1) is 0 Å². The van der Waals surface area contributed by atoms with Gasteiger partial charge in [0.05, 0.1) is 23.6 Å². The van der Waals surface area contributed by atoms with Crippen LogP contribution < -0.4 is 15.4 Å². The van der Waals surface area contributed by atoms with Crippen molar-refractivity contribution >= 4 is 40.9 Å². The highest BCUT2D eigenvalue weighted by atomic mass is 35.5.